The van der Waals surface area contributed by atoms with Gasteiger partial charge >= 0.3 is 0 Å². The molecule has 4 nitrogen and oxygen atoms in total. The molecule has 2 rings (SSSR count). The van der Waals surface area contributed by atoms with Gasteiger partial charge in [0, 0.05) is 6.07 Å². The van der Waals surface area contributed by atoms with Gasteiger partial charge in [-0.05, 0) is 18.1 Å². The Balaban J connectivity index is 2.64. The van der Waals surface area contributed by atoms with E-state index < -0.39 is 11.6 Å². The van der Waals surface area contributed by atoms with Crippen LogP contribution in [0, 0.1) is 11.6 Å². The maximum absolute atomic E-state index is 13.6. The van der Waals surface area contributed by atoms with Crippen LogP contribution in [0.4, 0.5) is 14.6 Å². The topological polar surface area (TPSA) is 56.7 Å². The molecule has 6 heteroatoms. The zero-order chi connectivity index (χ0) is 12.6. The van der Waals surface area contributed by atoms with Gasteiger partial charge in [0.2, 0.25) is 0 Å². The van der Waals surface area contributed by atoms with Crippen molar-refractivity contribution in [3.05, 3.63) is 35.5 Å². The Hall–Kier alpha value is -1.98. The minimum Gasteiger partial charge on any atom is -0.381 e. The van der Waals surface area contributed by atoms with Gasteiger partial charge in [0.1, 0.15) is 17.3 Å². The van der Waals surface area contributed by atoms with E-state index in [4.69, 9.17) is 5.73 Å². The Morgan fingerprint density at radius 1 is 1.29 bits per heavy atom. The third-order valence-corrected chi connectivity index (χ3v) is 2.42. The highest BCUT2D eigenvalue weighted by atomic mass is 19.1. The fourth-order valence-electron chi connectivity index (χ4n) is 1.67. The molecule has 0 bridgehead atoms. The standard InChI is InChI=1S/C11H12F2N4/c1-6(2)10-11(14)15-16-17(10)9-5-7(12)3-4-8(9)13/h3-6H,14H2,1-2H3. The van der Waals surface area contributed by atoms with Crippen LogP contribution >= 0.6 is 0 Å². The van der Waals surface area contributed by atoms with E-state index in [2.05, 4.69) is 10.3 Å². The van der Waals surface area contributed by atoms with Crippen molar-refractivity contribution in [3.63, 3.8) is 0 Å². The fraction of sp³-hybridized carbons (Fsp3) is 0.273. The quantitative estimate of drug-likeness (QED) is 0.873. The summed E-state index contributed by atoms with van der Waals surface area (Å²) in [7, 11) is 0. The van der Waals surface area contributed by atoms with Crippen molar-refractivity contribution in [2.45, 2.75) is 19.8 Å². The first-order valence-electron chi connectivity index (χ1n) is 5.17. The van der Waals surface area contributed by atoms with Crippen LogP contribution in [0.25, 0.3) is 5.69 Å². The lowest BCUT2D eigenvalue weighted by atomic mass is 10.1. The van der Waals surface area contributed by atoms with E-state index in [1.807, 2.05) is 13.8 Å². The first kappa shape index (κ1) is 11.5. The summed E-state index contributed by atoms with van der Waals surface area (Å²) in [6.07, 6.45) is 0. The second-order valence-electron chi connectivity index (χ2n) is 4.02. The number of anilines is 1. The number of nitrogens with two attached hydrogens (primary N) is 1. The molecule has 0 spiro atoms. The molecule has 0 aliphatic carbocycles. The van der Waals surface area contributed by atoms with Crippen molar-refractivity contribution in [3.8, 4) is 5.69 Å². The van der Waals surface area contributed by atoms with Gasteiger partial charge in [-0.15, -0.1) is 5.10 Å². The van der Waals surface area contributed by atoms with Gasteiger partial charge in [-0.2, -0.15) is 0 Å². The van der Waals surface area contributed by atoms with Crippen molar-refractivity contribution >= 4 is 5.82 Å². The van der Waals surface area contributed by atoms with Gasteiger partial charge in [0.25, 0.3) is 0 Å². The third kappa shape index (κ3) is 1.98. The summed E-state index contributed by atoms with van der Waals surface area (Å²) < 4.78 is 28.0. The van der Waals surface area contributed by atoms with Crippen LogP contribution in [0.15, 0.2) is 18.2 Å². The second-order valence-corrected chi connectivity index (χ2v) is 4.02. The molecule has 0 amide bonds. The van der Waals surface area contributed by atoms with E-state index >= 15 is 0 Å². The molecule has 1 heterocycles. The van der Waals surface area contributed by atoms with Crippen molar-refractivity contribution in [1.29, 1.82) is 0 Å². The van der Waals surface area contributed by atoms with E-state index in [0.717, 1.165) is 18.2 Å². The highest BCUT2D eigenvalue weighted by Crippen LogP contribution is 2.24. The van der Waals surface area contributed by atoms with Crippen LogP contribution in [0.3, 0.4) is 0 Å². The summed E-state index contributed by atoms with van der Waals surface area (Å²) in [6.45, 7) is 3.76. The van der Waals surface area contributed by atoms with E-state index in [-0.39, 0.29) is 17.4 Å². The molecule has 0 aliphatic rings. The predicted octanol–water partition coefficient (Wildman–Crippen LogP) is 2.25. The zero-order valence-corrected chi connectivity index (χ0v) is 9.48. The van der Waals surface area contributed by atoms with E-state index in [1.54, 1.807) is 0 Å². The maximum Gasteiger partial charge on any atom is 0.169 e. The number of hydrogen-bond donors (Lipinski definition) is 1. The molecule has 0 radical (unpaired) electrons. The number of halogens is 2. The summed E-state index contributed by atoms with van der Waals surface area (Å²) in [6, 6.07) is 3.16. The molecule has 90 valence electrons. The molecule has 0 atom stereocenters. The van der Waals surface area contributed by atoms with Crippen molar-refractivity contribution < 1.29 is 8.78 Å². The van der Waals surface area contributed by atoms with Crippen LogP contribution in [-0.4, -0.2) is 15.0 Å². The van der Waals surface area contributed by atoms with Crippen molar-refractivity contribution in [2.75, 3.05) is 5.73 Å². The summed E-state index contributed by atoms with van der Waals surface area (Å²) in [5.41, 5.74) is 6.23. The average Bonchev–Trinajstić information content (AvgIpc) is 2.64. The summed E-state index contributed by atoms with van der Waals surface area (Å²) >= 11 is 0. The highest BCUT2D eigenvalue weighted by Gasteiger charge is 2.17. The Morgan fingerprint density at radius 2 is 2.00 bits per heavy atom. The predicted molar refractivity (Wildman–Crippen MR) is 59.8 cm³/mol. The van der Waals surface area contributed by atoms with Crippen LogP contribution < -0.4 is 5.73 Å². The molecule has 0 fully saturated rings. The largest absolute Gasteiger partial charge is 0.381 e. The summed E-state index contributed by atoms with van der Waals surface area (Å²) in [5.74, 6) is -0.875. The Morgan fingerprint density at radius 3 is 2.65 bits per heavy atom. The minimum atomic E-state index is -0.571. The summed E-state index contributed by atoms with van der Waals surface area (Å²) in [5, 5.41) is 7.43. The monoisotopic (exact) mass is 238 g/mol. The fourth-order valence-corrected chi connectivity index (χ4v) is 1.67. The molecular formula is C11H12F2N4. The van der Waals surface area contributed by atoms with Crippen LogP contribution in [0.1, 0.15) is 25.5 Å². The van der Waals surface area contributed by atoms with Gasteiger partial charge in [0.15, 0.2) is 5.82 Å². The molecule has 0 saturated carbocycles. The van der Waals surface area contributed by atoms with E-state index in [0.29, 0.717) is 5.69 Å². The number of nitrogens with zero attached hydrogens (tertiary/aromatic N) is 3. The molecule has 2 N–H and O–H groups in total. The Bertz CT molecular complexity index is 548. The minimum absolute atomic E-state index is 0.00710. The lowest BCUT2D eigenvalue weighted by Crippen LogP contribution is -2.07. The SMILES string of the molecule is CC(C)c1c(N)nnn1-c1cc(F)ccc1F. The smallest absolute Gasteiger partial charge is 0.169 e. The normalized spacial score (nSPS) is 11.1. The van der Waals surface area contributed by atoms with Gasteiger partial charge in [-0.25, -0.2) is 13.5 Å². The molecule has 1 aromatic carbocycles. The lowest BCUT2D eigenvalue weighted by Gasteiger charge is -2.10. The molecule has 2 aromatic rings. The van der Waals surface area contributed by atoms with Crippen LogP contribution in [0.5, 0.6) is 0 Å². The van der Waals surface area contributed by atoms with Gasteiger partial charge in [-0.1, -0.05) is 19.1 Å². The number of aromatic nitrogens is 3. The second kappa shape index (κ2) is 4.12. The van der Waals surface area contributed by atoms with Gasteiger partial charge in [-0.3, -0.25) is 0 Å². The Labute approximate surface area is 97.0 Å². The van der Waals surface area contributed by atoms with E-state index in [1.165, 1.54) is 4.68 Å². The Kier molecular flexibility index (Phi) is 2.79. The van der Waals surface area contributed by atoms with Gasteiger partial charge < -0.3 is 5.73 Å². The lowest BCUT2D eigenvalue weighted by molar-refractivity contribution is 0.577. The average molecular weight is 238 g/mol. The van der Waals surface area contributed by atoms with Crippen LogP contribution in [0.2, 0.25) is 0 Å². The van der Waals surface area contributed by atoms with Crippen molar-refractivity contribution in [1.82, 2.24) is 15.0 Å². The number of benzene rings is 1. The van der Waals surface area contributed by atoms with E-state index in [9.17, 15) is 8.78 Å². The van der Waals surface area contributed by atoms with Gasteiger partial charge in [0.05, 0.1) is 5.69 Å². The molecule has 17 heavy (non-hydrogen) atoms. The zero-order valence-electron chi connectivity index (χ0n) is 9.48. The van der Waals surface area contributed by atoms with Crippen LogP contribution in [-0.2, 0) is 0 Å². The molecular weight excluding hydrogens is 226 g/mol. The molecule has 0 saturated heterocycles. The number of rotatable bonds is 2. The molecule has 0 aliphatic heterocycles. The number of nitrogen functional groups attached to an aromatic ring is 1. The first-order chi connectivity index (χ1) is 8.00. The molecule has 0 unspecified atom stereocenters. The maximum atomic E-state index is 13.6. The first-order valence-corrected chi connectivity index (χ1v) is 5.17. The van der Waals surface area contributed by atoms with Crippen molar-refractivity contribution in [2.24, 2.45) is 0 Å². The molecule has 1 aromatic heterocycles. The summed E-state index contributed by atoms with van der Waals surface area (Å²) in [4.78, 5) is 0. The third-order valence-electron chi connectivity index (χ3n) is 2.42. The number of hydrogen-bond acceptors (Lipinski definition) is 3. The highest BCUT2D eigenvalue weighted by molar-refractivity contribution is 5.43.